The van der Waals surface area contributed by atoms with Crippen molar-refractivity contribution >= 4 is 21.4 Å². The largest absolute Gasteiger partial charge is 0.399 e. The van der Waals surface area contributed by atoms with Gasteiger partial charge >= 0.3 is 0 Å². The molecule has 0 aliphatic carbocycles. The highest BCUT2D eigenvalue weighted by atomic mass is 32.2. The lowest BCUT2D eigenvalue weighted by molar-refractivity contribution is 0.600. The molecule has 0 aliphatic rings. The molecule has 0 saturated carbocycles. The first-order chi connectivity index (χ1) is 9.42. The zero-order valence-electron chi connectivity index (χ0n) is 11.6. The maximum atomic E-state index is 12.4. The molecule has 2 aromatic carbocycles. The Bertz CT molecular complexity index is 707. The average Bonchev–Trinajstić information content (AvgIpc) is 2.42. The molecule has 0 heterocycles. The smallest absolute Gasteiger partial charge is 0.262 e. The van der Waals surface area contributed by atoms with E-state index >= 15 is 0 Å². The van der Waals surface area contributed by atoms with E-state index in [0.29, 0.717) is 16.9 Å². The highest BCUT2D eigenvalue weighted by Gasteiger charge is 2.17. The minimum absolute atomic E-state index is 0.206. The number of hydrogen-bond acceptors (Lipinski definition) is 3. The van der Waals surface area contributed by atoms with Gasteiger partial charge in [0.2, 0.25) is 0 Å². The molecule has 2 rings (SSSR count). The molecule has 0 aliphatic heterocycles. The third-order valence-corrected chi connectivity index (χ3v) is 4.64. The van der Waals surface area contributed by atoms with Gasteiger partial charge in [-0.2, -0.15) is 0 Å². The van der Waals surface area contributed by atoms with Crippen molar-refractivity contribution in [2.24, 2.45) is 0 Å². The second-order valence-electron chi connectivity index (χ2n) is 4.68. The van der Waals surface area contributed by atoms with Gasteiger partial charge in [0.25, 0.3) is 10.0 Å². The molecular weight excluding hydrogens is 272 g/mol. The Morgan fingerprint density at radius 1 is 1.10 bits per heavy atom. The molecule has 0 bridgehead atoms. The second-order valence-corrected chi connectivity index (χ2v) is 6.33. The van der Waals surface area contributed by atoms with Gasteiger partial charge in [0.1, 0.15) is 0 Å². The Morgan fingerprint density at radius 3 is 2.35 bits per heavy atom. The Morgan fingerprint density at radius 2 is 1.75 bits per heavy atom. The van der Waals surface area contributed by atoms with Crippen LogP contribution in [0.2, 0.25) is 0 Å². The van der Waals surface area contributed by atoms with Crippen molar-refractivity contribution < 1.29 is 8.42 Å². The maximum absolute atomic E-state index is 12.4. The van der Waals surface area contributed by atoms with E-state index in [0.717, 1.165) is 12.0 Å². The lowest BCUT2D eigenvalue weighted by atomic mass is 10.2. The van der Waals surface area contributed by atoms with E-state index < -0.39 is 10.0 Å². The molecule has 2 aromatic rings. The number of sulfonamides is 1. The van der Waals surface area contributed by atoms with E-state index in [1.54, 1.807) is 31.2 Å². The van der Waals surface area contributed by atoms with Crippen molar-refractivity contribution in [3.8, 4) is 0 Å². The van der Waals surface area contributed by atoms with Crippen LogP contribution in [0.25, 0.3) is 0 Å². The zero-order chi connectivity index (χ0) is 14.8. The van der Waals surface area contributed by atoms with Crippen molar-refractivity contribution in [3.05, 3.63) is 53.6 Å². The summed E-state index contributed by atoms with van der Waals surface area (Å²) in [6, 6.07) is 12.2. The topological polar surface area (TPSA) is 72.2 Å². The molecule has 3 N–H and O–H groups in total. The monoisotopic (exact) mass is 290 g/mol. The van der Waals surface area contributed by atoms with Gasteiger partial charge in [-0.05, 0) is 48.7 Å². The van der Waals surface area contributed by atoms with Gasteiger partial charge in [-0.1, -0.05) is 25.1 Å². The van der Waals surface area contributed by atoms with Crippen LogP contribution in [0, 0.1) is 6.92 Å². The predicted molar refractivity (Wildman–Crippen MR) is 82.2 cm³/mol. The van der Waals surface area contributed by atoms with Crippen LogP contribution >= 0.6 is 0 Å². The van der Waals surface area contributed by atoms with E-state index in [1.165, 1.54) is 6.07 Å². The summed E-state index contributed by atoms with van der Waals surface area (Å²) in [7, 11) is -3.62. The van der Waals surface area contributed by atoms with Gasteiger partial charge in [-0.25, -0.2) is 8.42 Å². The van der Waals surface area contributed by atoms with E-state index in [-0.39, 0.29) is 4.90 Å². The molecule has 0 atom stereocenters. The van der Waals surface area contributed by atoms with Crippen LogP contribution in [-0.4, -0.2) is 8.42 Å². The molecule has 4 nitrogen and oxygen atoms in total. The summed E-state index contributed by atoms with van der Waals surface area (Å²) < 4.78 is 27.3. The van der Waals surface area contributed by atoms with Crippen molar-refractivity contribution in [2.75, 3.05) is 10.5 Å². The van der Waals surface area contributed by atoms with Crippen LogP contribution in [-0.2, 0) is 16.4 Å². The lowest BCUT2D eigenvalue weighted by Crippen LogP contribution is -2.14. The first-order valence-corrected chi connectivity index (χ1v) is 7.88. The number of nitrogens with one attached hydrogen (secondary N) is 1. The number of benzene rings is 2. The first-order valence-electron chi connectivity index (χ1n) is 6.40. The van der Waals surface area contributed by atoms with Gasteiger partial charge in [-0.15, -0.1) is 0 Å². The molecule has 0 spiro atoms. The summed E-state index contributed by atoms with van der Waals surface area (Å²) in [4.78, 5) is 0.206. The maximum Gasteiger partial charge on any atom is 0.262 e. The minimum atomic E-state index is -3.62. The highest BCUT2D eigenvalue weighted by molar-refractivity contribution is 7.92. The standard InChI is InChI=1S/C15H18N2O2S/c1-3-12-5-8-14(9-6-12)17-20(18,19)15-10-13(16)7-4-11(15)2/h4-10,17H,3,16H2,1-2H3. The van der Waals surface area contributed by atoms with E-state index in [2.05, 4.69) is 11.6 Å². The normalized spacial score (nSPS) is 11.3. The lowest BCUT2D eigenvalue weighted by Gasteiger charge is -2.11. The predicted octanol–water partition coefficient (Wildman–Crippen LogP) is 2.94. The second kappa shape index (κ2) is 5.54. The van der Waals surface area contributed by atoms with Gasteiger partial charge in [0.15, 0.2) is 0 Å². The van der Waals surface area contributed by atoms with E-state index in [9.17, 15) is 8.42 Å². The zero-order valence-corrected chi connectivity index (χ0v) is 12.4. The molecule has 106 valence electrons. The van der Waals surface area contributed by atoms with Crippen molar-refractivity contribution in [1.82, 2.24) is 0 Å². The summed E-state index contributed by atoms with van der Waals surface area (Å²) in [6.45, 7) is 3.80. The molecule has 0 unspecified atom stereocenters. The van der Waals surface area contributed by atoms with Crippen LogP contribution in [0.15, 0.2) is 47.4 Å². The van der Waals surface area contributed by atoms with Gasteiger partial charge in [0.05, 0.1) is 4.90 Å². The molecule has 0 fully saturated rings. The minimum Gasteiger partial charge on any atom is -0.399 e. The Labute approximate surface area is 119 Å². The Hall–Kier alpha value is -2.01. The molecule has 0 saturated heterocycles. The van der Waals surface area contributed by atoms with Crippen LogP contribution in [0.4, 0.5) is 11.4 Å². The summed E-state index contributed by atoms with van der Waals surface area (Å²) in [5.41, 5.74) is 8.46. The third-order valence-electron chi connectivity index (χ3n) is 3.12. The number of nitrogens with two attached hydrogens (primary N) is 1. The molecule has 0 aromatic heterocycles. The van der Waals surface area contributed by atoms with Gasteiger partial charge in [0, 0.05) is 11.4 Å². The number of anilines is 2. The Balaban J connectivity index is 2.32. The van der Waals surface area contributed by atoms with Crippen LogP contribution < -0.4 is 10.5 Å². The third kappa shape index (κ3) is 3.11. The van der Waals surface area contributed by atoms with Crippen LogP contribution in [0.1, 0.15) is 18.1 Å². The fraction of sp³-hybridized carbons (Fsp3) is 0.200. The number of aryl methyl sites for hydroxylation is 2. The summed E-state index contributed by atoms with van der Waals surface area (Å²) in [5.74, 6) is 0. The van der Waals surface area contributed by atoms with E-state index in [1.807, 2.05) is 12.1 Å². The van der Waals surface area contributed by atoms with Gasteiger partial charge < -0.3 is 5.73 Å². The van der Waals surface area contributed by atoms with Crippen molar-refractivity contribution in [1.29, 1.82) is 0 Å². The molecular formula is C15H18N2O2S. The van der Waals surface area contributed by atoms with Crippen molar-refractivity contribution in [3.63, 3.8) is 0 Å². The highest BCUT2D eigenvalue weighted by Crippen LogP contribution is 2.21. The molecule has 0 amide bonds. The molecule has 20 heavy (non-hydrogen) atoms. The Kier molecular flexibility index (Phi) is 3.99. The number of nitrogen functional groups attached to an aromatic ring is 1. The summed E-state index contributed by atoms with van der Waals surface area (Å²) >= 11 is 0. The van der Waals surface area contributed by atoms with Crippen molar-refractivity contribution in [2.45, 2.75) is 25.2 Å². The first kappa shape index (κ1) is 14.4. The summed E-state index contributed by atoms with van der Waals surface area (Å²) in [6.07, 6.45) is 0.918. The molecule has 5 heteroatoms. The fourth-order valence-corrected chi connectivity index (χ4v) is 3.26. The SMILES string of the molecule is CCc1ccc(NS(=O)(=O)c2cc(N)ccc2C)cc1. The quantitative estimate of drug-likeness (QED) is 0.850. The van der Waals surface area contributed by atoms with Gasteiger partial charge in [-0.3, -0.25) is 4.72 Å². The number of hydrogen-bond donors (Lipinski definition) is 2. The number of rotatable bonds is 4. The van der Waals surface area contributed by atoms with E-state index in [4.69, 9.17) is 5.73 Å². The van der Waals surface area contributed by atoms with Crippen LogP contribution in [0.3, 0.4) is 0 Å². The average molecular weight is 290 g/mol. The fourth-order valence-electron chi connectivity index (χ4n) is 1.92. The van der Waals surface area contributed by atoms with Crippen LogP contribution in [0.5, 0.6) is 0 Å². The summed E-state index contributed by atoms with van der Waals surface area (Å²) in [5, 5.41) is 0. The molecule has 0 radical (unpaired) electrons.